The van der Waals surface area contributed by atoms with Crippen molar-refractivity contribution in [2.75, 3.05) is 0 Å². The van der Waals surface area contributed by atoms with Crippen molar-refractivity contribution in [3.05, 3.63) is 74.8 Å². The van der Waals surface area contributed by atoms with Gasteiger partial charge in [-0.25, -0.2) is 8.78 Å². The fourth-order valence-corrected chi connectivity index (χ4v) is 4.59. The maximum atomic E-state index is 13.7. The monoisotopic (exact) mass is 385 g/mol. The van der Waals surface area contributed by atoms with Gasteiger partial charge < -0.3 is 0 Å². The third-order valence-corrected chi connectivity index (χ3v) is 5.81. The van der Waals surface area contributed by atoms with Gasteiger partial charge in [0.05, 0.1) is 6.07 Å². The van der Waals surface area contributed by atoms with Crippen LogP contribution in [0.5, 0.6) is 0 Å². The average Bonchev–Trinajstić information content (AvgIpc) is 2.83. The van der Waals surface area contributed by atoms with E-state index >= 15 is 0 Å². The number of nitriles is 1. The lowest BCUT2D eigenvalue weighted by atomic mass is 9.67. The zero-order valence-corrected chi connectivity index (χ0v) is 14.5. The van der Waals surface area contributed by atoms with Crippen molar-refractivity contribution in [1.29, 1.82) is 5.26 Å². The molecule has 1 nitrogen and oxygen atoms in total. The van der Waals surface area contributed by atoms with E-state index in [0.29, 0.717) is 12.8 Å². The molecule has 0 radical (unpaired) electrons. The molecule has 0 bridgehead atoms. The Morgan fingerprint density at radius 3 is 2.50 bits per heavy atom. The highest BCUT2D eigenvalue weighted by Crippen LogP contribution is 2.54. The van der Waals surface area contributed by atoms with Gasteiger partial charge in [0.1, 0.15) is 0 Å². The molecule has 0 saturated carbocycles. The molecule has 0 aliphatic heterocycles. The first-order valence-electron chi connectivity index (χ1n) is 7.88. The maximum absolute atomic E-state index is 13.7. The van der Waals surface area contributed by atoms with Gasteiger partial charge in [-0.3, -0.25) is 0 Å². The van der Waals surface area contributed by atoms with Crippen LogP contribution in [0.2, 0.25) is 0 Å². The van der Waals surface area contributed by atoms with Crippen LogP contribution in [0, 0.1) is 28.4 Å². The Hall–Kier alpha value is -1.99. The highest BCUT2D eigenvalue weighted by atomic mass is 79.9. The van der Waals surface area contributed by atoms with E-state index < -0.39 is 11.6 Å². The Balaban J connectivity index is 1.83. The summed E-state index contributed by atoms with van der Waals surface area (Å²) in [4.78, 5) is 0. The fraction of sp³-hybridized carbons (Fsp3) is 0.250. The average molecular weight is 386 g/mol. The summed E-state index contributed by atoms with van der Waals surface area (Å²) in [7, 11) is 0. The topological polar surface area (TPSA) is 23.8 Å². The number of hydrogen-bond acceptors (Lipinski definition) is 1. The molecule has 4 heteroatoms. The smallest absolute Gasteiger partial charge is 0.159 e. The van der Waals surface area contributed by atoms with E-state index in [1.165, 1.54) is 17.7 Å². The quantitative estimate of drug-likeness (QED) is 0.559. The number of fused-ring (bicyclic) bond motifs is 2. The first kappa shape index (κ1) is 15.5. The van der Waals surface area contributed by atoms with Crippen molar-refractivity contribution < 1.29 is 8.78 Å². The minimum Gasteiger partial charge on any atom is -0.204 e. The molecule has 0 heterocycles. The van der Waals surface area contributed by atoms with Crippen molar-refractivity contribution in [3.8, 4) is 6.07 Å². The molecule has 1 spiro atoms. The molecule has 24 heavy (non-hydrogen) atoms. The van der Waals surface area contributed by atoms with Crippen LogP contribution in [-0.4, -0.2) is 0 Å². The number of hydrogen-bond donors (Lipinski definition) is 0. The molecule has 2 aromatic rings. The van der Waals surface area contributed by atoms with Gasteiger partial charge in [0, 0.05) is 16.0 Å². The lowest BCUT2D eigenvalue weighted by Gasteiger charge is -2.36. The highest BCUT2D eigenvalue weighted by molar-refractivity contribution is 9.10. The SMILES string of the molecule is N#CC=C1c2cc(Br)ccc2CC12CCc1cc(F)c(F)cc1C2. The van der Waals surface area contributed by atoms with E-state index in [9.17, 15) is 14.0 Å². The molecule has 2 aliphatic rings. The van der Waals surface area contributed by atoms with Crippen LogP contribution in [0.1, 0.15) is 28.7 Å². The van der Waals surface area contributed by atoms with Gasteiger partial charge >= 0.3 is 0 Å². The largest absolute Gasteiger partial charge is 0.204 e. The van der Waals surface area contributed by atoms with E-state index in [0.717, 1.165) is 39.6 Å². The summed E-state index contributed by atoms with van der Waals surface area (Å²) in [5.41, 5.74) is 4.87. The number of nitrogens with zero attached hydrogens (tertiary/aromatic N) is 1. The maximum Gasteiger partial charge on any atom is 0.159 e. The van der Waals surface area contributed by atoms with Crippen LogP contribution in [0.25, 0.3) is 5.57 Å². The van der Waals surface area contributed by atoms with Crippen molar-refractivity contribution in [1.82, 2.24) is 0 Å². The van der Waals surface area contributed by atoms with Crippen molar-refractivity contribution in [2.45, 2.75) is 25.7 Å². The van der Waals surface area contributed by atoms with Crippen LogP contribution in [-0.2, 0) is 19.3 Å². The van der Waals surface area contributed by atoms with E-state index in [1.807, 2.05) is 12.1 Å². The predicted octanol–water partition coefficient (Wildman–Crippen LogP) is 5.37. The number of benzene rings is 2. The van der Waals surface area contributed by atoms with Gasteiger partial charge in [0.15, 0.2) is 11.6 Å². The Bertz CT molecular complexity index is 926. The van der Waals surface area contributed by atoms with Crippen LogP contribution in [0.3, 0.4) is 0 Å². The Morgan fingerprint density at radius 2 is 1.75 bits per heavy atom. The minimum absolute atomic E-state index is 0.198. The summed E-state index contributed by atoms with van der Waals surface area (Å²) in [5.74, 6) is -1.58. The molecule has 1 unspecified atom stereocenters. The molecular formula is C20H14BrF2N. The van der Waals surface area contributed by atoms with Gasteiger partial charge in [0.25, 0.3) is 0 Å². The second kappa shape index (κ2) is 5.53. The zero-order chi connectivity index (χ0) is 16.9. The Morgan fingerprint density at radius 1 is 1.04 bits per heavy atom. The standard InChI is InChI=1S/C20H14BrF2N/c21-15-2-1-13-10-20(17(4-6-24)16(13)9-15)5-3-12-7-18(22)19(23)8-14(12)11-20/h1-2,4,7-9H,3,5,10-11H2. The molecule has 1 atom stereocenters. The molecule has 0 aromatic heterocycles. The number of allylic oxidation sites excluding steroid dienone is 2. The molecule has 0 saturated heterocycles. The van der Waals surface area contributed by atoms with E-state index in [4.69, 9.17) is 0 Å². The zero-order valence-electron chi connectivity index (χ0n) is 12.9. The summed E-state index contributed by atoms with van der Waals surface area (Å²) in [5, 5.41) is 9.26. The second-order valence-corrected chi connectivity index (χ2v) is 7.57. The Labute approximate surface area is 147 Å². The van der Waals surface area contributed by atoms with Gasteiger partial charge in [-0.05, 0) is 77.8 Å². The molecule has 0 amide bonds. The van der Waals surface area contributed by atoms with Crippen LogP contribution in [0.4, 0.5) is 8.78 Å². The third kappa shape index (κ3) is 2.31. The number of rotatable bonds is 0. The highest BCUT2D eigenvalue weighted by Gasteiger charge is 2.44. The summed E-state index contributed by atoms with van der Waals surface area (Å²) in [6.07, 6.45) is 4.64. The van der Waals surface area contributed by atoms with Crippen LogP contribution in [0.15, 0.2) is 40.9 Å². The van der Waals surface area contributed by atoms with Crippen molar-refractivity contribution in [3.63, 3.8) is 0 Å². The molecule has 0 fully saturated rings. The molecule has 2 aliphatic carbocycles. The molecule has 120 valence electrons. The minimum atomic E-state index is -0.796. The van der Waals surface area contributed by atoms with E-state index in [-0.39, 0.29) is 5.41 Å². The van der Waals surface area contributed by atoms with Gasteiger partial charge in [-0.1, -0.05) is 22.0 Å². The molecule has 0 N–H and O–H groups in total. The first-order valence-corrected chi connectivity index (χ1v) is 8.67. The fourth-order valence-electron chi connectivity index (χ4n) is 4.23. The van der Waals surface area contributed by atoms with Crippen LogP contribution < -0.4 is 0 Å². The predicted molar refractivity (Wildman–Crippen MR) is 92.3 cm³/mol. The van der Waals surface area contributed by atoms with Gasteiger partial charge in [-0.15, -0.1) is 0 Å². The molecule has 4 rings (SSSR count). The van der Waals surface area contributed by atoms with E-state index in [1.54, 1.807) is 6.08 Å². The molecular weight excluding hydrogens is 372 g/mol. The summed E-state index contributed by atoms with van der Waals surface area (Å²) in [6, 6.07) is 11.0. The number of aryl methyl sites for hydroxylation is 1. The summed E-state index contributed by atoms with van der Waals surface area (Å²) in [6.45, 7) is 0. The van der Waals surface area contributed by atoms with Crippen LogP contribution >= 0.6 is 15.9 Å². The van der Waals surface area contributed by atoms with Gasteiger partial charge in [0.2, 0.25) is 0 Å². The molecule has 2 aromatic carbocycles. The van der Waals surface area contributed by atoms with Crippen molar-refractivity contribution in [2.24, 2.45) is 5.41 Å². The number of halogens is 3. The summed E-state index contributed by atoms with van der Waals surface area (Å²) >= 11 is 3.50. The normalized spacial score (nSPS) is 23.2. The lowest BCUT2D eigenvalue weighted by Crippen LogP contribution is -2.29. The third-order valence-electron chi connectivity index (χ3n) is 5.32. The van der Waals surface area contributed by atoms with Crippen molar-refractivity contribution >= 4 is 21.5 Å². The van der Waals surface area contributed by atoms with Gasteiger partial charge in [-0.2, -0.15) is 5.26 Å². The summed E-state index contributed by atoms with van der Waals surface area (Å²) < 4.78 is 28.2. The van der Waals surface area contributed by atoms with E-state index in [2.05, 4.69) is 28.1 Å². The Kier molecular flexibility index (Phi) is 3.58. The lowest BCUT2D eigenvalue weighted by molar-refractivity contribution is 0.354. The second-order valence-electron chi connectivity index (χ2n) is 6.66. The first-order chi connectivity index (χ1) is 11.5.